The molecular weight excluding hydrogens is 434 g/mol. The first-order valence-electron chi connectivity index (χ1n) is 12.3. The Balaban J connectivity index is 1.19. The maximum absolute atomic E-state index is 10.5. The Morgan fingerprint density at radius 1 is 1.12 bits per heavy atom. The lowest BCUT2D eigenvalue weighted by Gasteiger charge is -2.40. The van der Waals surface area contributed by atoms with E-state index in [2.05, 4.69) is 21.7 Å². The average Bonchev–Trinajstić information content (AvgIpc) is 3.38. The van der Waals surface area contributed by atoms with Crippen LogP contribution < -0.4 is 14.5 Å². The van der Waals surface area contributed by atoms with E-state index >= 15 is 0 Å². The van der Waals surface area contributed by atoms with Crippen molar-refractivity contribution in [3.05, 3.63) is 24.2 Å². The number of aliphatic hydroxyl groups is 1. The van der Waals surface area contributed by atoms with Crippen molar-refractivity contribution in [2.75, 3.05) is 36.0 Å². The van der Waals surface area contributed by atoms with E-state index in [9.17, 15) is 5.11 Å². The highest BCUT2D eigenvalue weighted by atomic mass is 32.2. The highest BCUT2D eigenvalue weighted by molar-refractivity contribution is 7.99. The van der Waals surface area contributed by atoms with E-state index in [0.29, 0.717) is 25.0 Å². The Kier molecular flexibility index (Phi) is 5.21. The second kappa shape index (κ2) is 8.01. The molecule has 1 aliphatic carbocycles. The van der Waals surface area contributed by atoms with Crippen LogP contribution in [0, 0.1) is 12.3 Å². The van der Waals surface area contributed by atoms with E-state index in [4.69, 9.17) is 14.7 Å². The Labute approximate surface area is 200 Å². The molecular formula is C25H33N5O2S. The number of rotatable bonds is 3. The molecule has 2 atom stereocenters. The van der Waals surface area contributed by atoms with Crippen LogP contribution in [0.1, 0.15) is 57.6 Å². The van der Waals surface area contributed by atoms with Gasteiger partial charge in [-0.3, -0.25) is 0 Å². The zero-order valence-corrected chi connectivity index (χ0v) is 20.4. The van der Waals surface area contributed by atoms with Crippen molar-refractivity contribution in [3.8, 4) is 5.75 Å². The molecule has 1 spiro atoms. The summed E-state index contributed by atoms with van der Waals surface area (Å²) in [5.74, 6) is 2.64. The number of pyridine rings is 1. The molecule has 1 saturated carbocycles. The lowest BCUT2D eigenvalue weighted by molar-refractivity contribution is 0.0783. The van der Waals surface area contributed by atoms with Crippen LogP contribution in [0.25, 0.3) is 0 Å². The number of hydrogen-bond acceptors (Lipinski definition) is 8. The summed E-state index contributed by atoms with van der Waals surface area (Å²) < 4.78 is 6.14. The van der Waals surface area contributed by atoms with Gasteiger partial charge in [-0.15, -0.1) is 0 Å². The first kappa shape index (κ1) is 21.5. The van der Waals surface area contributed by atoms with Gasteiger partial charge >= 0.3 is 0 Å². The van der Waals surface area contributed by atoms with E-state index in [1.165, 1.54) is 38.5 Å². The van der Waals surface area contributed by atoms with Crippen LogP contribution >= 0.6 is 11.8 Å². The van der Waals surface area contributed by atoms with Crippen LogP contribution in [0.2, 0.25) is 0 Å². The molecule has 8 heteroatoms. The standard InChI is InChI=1S/C25H33N5O2S/c1-17-22(29-11-8-25(9-12-29)6-3-4-7-25)27-14-20(28-17)33-19-5-10-26-23-21(19)32-15-18-13-24(2,31)16-30(18)23/h5,10,14,18,31H,3-4,6-9,11-13,15-16H2,1-2H3/t18?,24-/m0/s1. The van der Waals surface area contributed by atoms with Gasteiger partial charge in [0.05, 0.1) is 28.4 Å². The zero-order valence-electron chi connectivity index (χ0n) is 19.6. The molecule has 0 amide bonds. The summed E-state index contributed by atoms with van der Waals surface area (Å²) in [6.07, 6.45) is 12.6. The highest BCUT2D eigenvalue weighted by Crippen LogP contribution is 2.47. The number of fused-ring (bicyclic) bond motifs is 3. The lowest BCUT2D eigenvalue weighted by Crippen LogP contribution is -2.39. The van der Waals surface area contributed by atoms with Crippen molar-refractivity contribution in [2.45, 2.75) is 80.4 Å². The second-order valence-electron chi connectivity index (χ2n) is 10.7. The molecule has 33 heavy (non-hydrogen) atoms. The minimum Gasteiger partial charge on any atom is -0.486 e. The van der Waals surface area contributed by atoms with Crippen molar-refractivity contribution in [2.24, 2.45) is 5.41 Å². The van der Waals surface area contributed by atoms with Crippen LogP contribution in [0.4, 0.5) is 11.6 Å². The van der Waals surface area contributed by atoms with Crippen LogP contribution in [0.3, 0.4) is 0 Å². The molecule has 3 fully saturated rings. The van der Waals surface area contributed by atoms with Gasteiger partial charge in [0.2, 0.25) is 0 Å². The van der Waals surface area contributed by atoms with Crippen molar-refractivity contribution in [3.63, 3.8) is 0 Å². The number of nitrogens with zero attached hydrogens (tertiary/aromatic N) is 5. The quantitative estimate of drug-likeness (QED) is 0.719. The van der Waals surface area contributed by atoms with E-state index in [-0.39, 0.29) is 6.04 Å². The Morgan fingerprint density at radius 2 is 1.91 bits per heavy atom. The molecule has 0 aromatic carbocycles. The van der Waals surface area contributed by atoms with Crippen molar-refractivity contribution >= 4 is 23.4 Å². The van der Waals surface area contributed by atoms with Gasteiger partial charge in [-0.25, -0.2) is 15.0 Å². The summed E-state index contributed by atoms with van der Waals surface area (Å²) in [5, 5.41) is 11.4. The first-order chi connectivity index (χ1) is 15.9. The van der Waals surface area contributed by atoms with Crippen LogP contribution in [-0.4, -0.2) is 57.9 Å². The van der Waals surface area contributed by atoms with Gasteiger partial charge < -0.3 is 19.6 Å². The third-order valence-electron chi connectivity index (χ3n) is 8.07. The molecule has 0 bridgehead atoms. The van der Waals surface area contributed by atoms with Gasteiger partial charge in [-0.05, 0) is 51.0 Å². The van der Waals surface area contributed by atoms with Crippen LogP contribution in [0.15, 0.2) is 28.4 Å². The van der Waals surface area contributed by atoms with E-state index in [0.717, 1.165) is 46.1 Å². The first-order valence-corrected chi connectivity index (χ1v) is 13.1. The molecule has 1 N–H and O–H groups in total. The van der Waals surface area contributed by atoms with Gasteiger partial charge in [-0.1, -0.05) is 24.6 Å². The van der Waals surface area contributed by atoms with Gasteiger partial charge in [-0.2, -0.15) is 0 Å². The summed E-state index contributed by atoms with van der Waals surface area (Å²) >= 11 is 1.57. The molecule has 6 rings (SSSR count). The predicted octanol–water partition coefficient (Wildman–Crippen LogP) is 4.21. The van der Waals surface area contributed by atoms with E-state index < -0.39 is 5.60 Å². The van der Waals surface area contributed by atoms with Crippen LogP contribution in [0.5, 0.6) is 5.75 Å². The smallest absolute Gasteiger partial charge is 0.175 e. The molecule has 5 heterocycles. The van der Waals surface area contributed by atoms with Gasteiger partial charge in [0.15, 0.2) is 11.6 Å². The summed E-state index contributed by atoms with van der Waals surface area (Å²) in [7, 11) is 0. The third kappa shape index (κ3) is 3.95. The number of ether oxygens (including phenoxy) is 1. The fourth-order valence-electron chi connectivity index (χ4n) is 6.34. The molecule has 7 nitrogen and oxygen atoms in total. The number of anilines is 2. The summed E-state index contributed by atoms with van der Waals surface area (Å²) in [5.41, 5.74) is 0.891. The molecule has 2 aromatic heterocycles. The highest BCUT2D eigenvalue weighted by Gasteiger charge is 2.44. The Morgan fingerprint density at radius 3 is 2.67 bits per heavy atom. The van der Waals surface area contributed by atoms with Gasteiger partial charge in [0.1, 0.15) is 17.5 Å². The Hall–Kier alpha value is -2.06. The zero-order chi connectivity index (χ0) is 22.6. The molecule has 3 aliphatic heterocycles. The summed E-state index contributed by atoms with van der Waals surface area (Å²) in [4.78, 5) is 19.9. The predicted molar refractivity (Wildman–Crippen MR) is 129 cm³/mol. The number of piperidine rings is 1. The maximum Gasteiger partial charge on any atom is 0.175 e. The SMILES string of the molecule is Cc1nc(Sc2ccnc3c2OCC2C[C@](C)(O)CN32)cnc1N1CCC2(CCCC2)CC1. The number of hydrogen-bond donors (Lipinski definition) is 1. The normalized spacial score (nSPS) is 28.0. The minimum absolute atomic E-state index is 0.175. The molecule has 2 aromatic rings. The largest absolute Gasteiger partial charge is 0.486 e. The fraction of sp³-hybridized carbons (Fsp3) is 0.640. The Bertz CT molecular complexity index is 1050. The monoisotopic (exact) mass is 467 g/mol. The fourth-order valence-corrected chi connectivity index (χ4v) is 7.22. The topological polar surface area (TPSA) is 74.6 Å². The van der Waals surface area contributed by atoms with Gasteiger partial charge in [0.25, 0.3) is 0 Å². The molecule has 0 radical (unpaired) electrons. The third-order valence-corrected chi connectivity index (χ3v) is 9.02. The molecule has 2 saturated heterocycles. The average molecular weight is 468 g/mol. The number of aromatic nitrogens is 3. The van der Waals surface area contributed by atoms with Crippen LogP contribution in [-0.2, 0) is 0 Å². The summed E-state index contributed by atoms with van der Waals surface area (Å²) in [6, 6.07) is 2.16. The number of aryl methyl sites for hydroxylation is 1. The van der Waals surface area contributed by atoms with Gasteiger partial charge in [0, 0.05) is 32.3 Å². The molecule has 1 unspecified atom stereocenters. The van der Waals surface area contributed by atoms with Crippen molar-refractivity contribution in [1.82, 2.24) is 15.0 Å². The molecule has 4 aliphatic rings. The van der Waals surface area contributed by atoms with Crippen molar-refractivity contribution in [1.29, 1.82) is 0 Å². The van der Waals surface area contributed by atoms with E-state index in [1.807, 2.05) is 25.4 Å². The molecule has 176 valence electrons. The summed E-state index contributed by atoms with van der Waals surface area (Å²) in [6.45, 7) is 7.30. The second-order valence-corrected chi connectivity index (χ2v) is 11.7. The maximum atomic E-state index is 10.5. The lowest BCUT2D eigenvalue weighted by atomic mass is 9.77. The van der Waals surface area contributed by atoms with E-state index in [1.54, 1.807) is 11.8 Å². The minimum atomic E-state index is -0.704. The van der Waals surface area contributed by atoms with Crippen molar-refractivity contribution < 1.29 is 9.84 Å².